The van der Waals surface area contributed by atoms with Gasteiger partial charge in [-0.25, -0.2) is 4.39 Å². The third kappa shape index (κ3) is 3.13. The number of ketones is 1. The summed E-state index contributed by atoms with van der Waals surface area (Å²) in [7, 11) is 0. The molecule has 2 atom stereocenters. The van der Waals surface area contributed by atoms with Crippen molar-refractivity contribution in [2.24, 2.45) is 5.92 Å². The predicted molar refractivity (Wildman–Crippen MR) is 66.3 cm³/mol. The molecule has 1 aromatic rings. The highest BCUT2D eigenvalue weighted by Crippen LogP contribution is 2.23. The molecule has 1 aromatic carbocycles. The quantitative estimate of drug-likeness (QED) is 0.857. The Hall–Kier alpha value is -0.740. The zero-order chi connectivity index (χ0) is 12.4. The Labute approximate surface area is 108 Å². The summed E-state index contributed by atoms with van der Waals surface area (Å²) in [5.74, 6) is -0.138. The van der Waals surface area contributed by atoms with Crippen molar-refractivity contribution in [2.45, 2.75) is 25.9 Å². The van der Waals surface area contributed by atoms with Crippen LogP contribution in [0, 0.1) is 11.7 Å². The summed E-state index contributed by atoms with van der Waals surface area (Å²) in [5, 5.41) is 0. The minimum absolute atomic E-state index is 0.00571. The molecule has 0 aromatic heterocycles. The van der Waals surface area contributed by atoms with Gasteiger partial charge in [0.1, 0.15) is 11.6 Å². The van der Waals surface area contributed by atoms with Crippen molar-refractivity contribution in [3.63, 3.8) is 0 Å². The van der Waals surface area contributed by atoms with Gasteiger partial charge in [-0.05, 0) is 47.0 Å². The summed E-state index contributed by atoms with van der Waals surface area (Å²) in [6, 6.07) is 4.68. The SMILES string of the molecule is CC1CC(C(=O)Cc2ccc(F)c(Br)c2)CO1. The van der Waals surface area contributed by atoms with Crippen molar-refractivity contribution in [1.29, 1.82) is 0 Å². The van der Waals surface area contributed by atoms with E-state index in [1.54, 1.807) is 12.1 Å². The molecule has 0 amide bonds. The summed E-state index contributed by atoms with van der Waals surface area (Å²) in [6.45, 7) is 2.49. The number of benzene rings is 1. The number of ether oxygens (including phenoxy) is 1. The molecule has 2 unspecified atom stereocenters. The fourth-order valence-electron chi connectivity index (χ4n) is 2.04. The molecular weight excluding hydrogens is 287 g/mol. The smallest absolute Gasteiger partial charge is 0.142 e. The molecule has 0 N–H and O–H groups in total. The average Bonchev–Trinajstić information content (AvgIpc) is 2.70. The van der Waals surface area contributed by atoms with Crippen LogP contribution in [-0.2, 0) is 16.0 Å². The van der Waals surface area contributed by atoms with Crippen LogP contribution in [0.15, 0.2) is 22.7 Å². The maximum atomic E-state index is 13.0. The molecule has 1 aliphatic heterocycles. The number of carbonyl (C=O) groups is 1. The van der Waals surface area contributed by atoms with E-state index in [4.69, 9.17) is 4.74 Å². The monoisotopic (exact) mass is 300 g/mol. The number of halogens is 2. The molecule has 0 spiro atoms. The molecule has 17 heavy (non-hydrogen) atoms. The van der Waals surface area contributed by atoms with Crippen LogP contribution in [0.4, 0.5) is 4.39 Å². The molecule has 0 aliphatic carbocycles. The number of carbonyl (C=O) groups excluding carboxylic acids is 1. The third-order valence-electron chi connectivity index (χ3n) is 3.02. The van der Waals surface area contributed by atoms with E-state index in [1.807, 2.05) is 6.92 Å². The van der Waals surface area contributed by atoms with Gasteiger partial charge in [0, 0.05) is 12.3 Å². The molecule has 1 saturated heterocycles. The second-order valence-corrected chi connectivity index (χ2v) is 5.32. The fourth-order valence-corrected chi connectivity index (χ4v) is 2.46. The van der Waals surface area contributed by atoms with Gasteiger partial charge in [0.2, 0.25) is 0 Å². The van der Waals surface area contributed by atoms with Crippen LogP contribution in [0.3, 0.4) is 0 Å². The number of hydrogen-bond donors (Lipinski definition) is 0. The summed E-state index contributed by atoms with van der Waals surface area (Å²) in [5.41, 5.74) is 0.836. The van der Waals surface area contributed by atoms with Gasteiger partial charge in [0.15, 0.2) is 0 Å². The molecule has 2 rings (SSSR count). The van der Waals surface area contributed by atoms with Crippen LogP contribution in [0.25, 0.3) is 0 Å². The lowest BCUT2D eigenvalue weighted by molar-refractivity contribution is -0.122. The molecule has 2 nitrogen and oxygen atoms in total. The van der Waals surface area contributed by atoms with E-state index in [9.17, 15) is 9.18 Å². The zero-order valence-corrected chi connectivity index (χ0v) is 11.2. The predicted octanol–water partition coefficient (Wildman–Crippen LogP) is 3.12. The Morgan fingerprint density at radius 3 is 2.94 bits per heavy atom. The van der Waals surface area contributed by atoms with Crippen molar-refractivity contribution >= 4 is 21.7 Å². The first-order valence-corrected chi connectivity index (χ1v) is 6.44. The Morgan fingerprint density at radius 2 is 2.35 bits per heavy atom. The molecule has 0 radical (unpaired) electrons. The second kappa shape index (κ2) is 5.27. The molecule has 92 valence electrons. The van der Waals surface area contributed by atoms with E-state index in [0.717, 1.165) is 12.0 Å². The van der Waals surface area contributed by atoms with Gasteiger partial charge in [-0.2, -0.15) is 0 Å². The molecular formula is C13H14BrFO2. The van der Waals surface area contributed by atoms with Crippen molar-refractivity contribution < 1.29 is 13.9 Å². The normalized spacial score (nSPS) is 23.9. The maximum Gasteiger partial charge on any atom is 0.142 e. The summed E-state index contributed by atoms with van der Waals surface area (Å²) < 4.78 is 18.8. The molecule has 1 aliphatic rings. The Kier molecular flexibility index (Phi) is 3.94. The Bertz CT molecular complexity index is 433. The summed E-state index contributed by atoms with van der Waals surface area (Å²) in [6.07, 6.45) is 1.31. The van der Waals surface area contributed by atoms with Crippen LogP contribution in [0.5, 0.6) is 0 Å². The largest absolute Gasteiger partial charge is 0.378 e. The first kappa shape index (κ1) is 12.7. The third-order valence-corrected chi connectivity index (χ3v) is 3.62. The van der Waals surface area contributed by atoms with Gasteiger partial charge in [-0.1, -0.05) is 6.07 Å². The molecule has 0 bridgehead atoms. The first-order chi connectivity index (χ1) is 8.06. The van der Waals surface area contributed by atoms with Gasteiger partial charge in [0.05, 0.1) is 17.2 Å². The Balaban J connectivity index is 2.00. The van der Waals surface area contributed by atoms with E-state index >= 15 is 0 Å². The lowest BCUT2D eigenvalue weighted by Crippen LogP contribution is -2.17. The van der Waals surface area contributed by atoms with Crippen molar-refractivity contribution in [1.82, 2.24) is 0 Å². The Morgan fingerprint density at radius 1 is 1.59 bits per heavy atom. The van der Waals surface area contributed by atoms with Gasteiger partial charge in [-0.15, -0.1) is 0 Å². The average molecular weight is 301 g/mol. The zero-order valence-electron chi connectivity index (χ0n) is 9.58. The van der Waals surface area contributed by atoms with Crippen LogP contribution in [0.2, 0.25) is 0 Å². The first-order valence-electron chi connectivity index (χ1n) is 5.64. The van der Waals surface area contributed by atoms with E-state index in [0.29, 0.717) is 17.5 Å². The van der Waals surface area contributed by atoms with E-state index in [2.05, 4.69) is 15.9 Å². The standard InChI is InChI=1S/C13H14BrFO2/c1-8-4-10(7-17-8)13(16)6-9-2-3-12(15)11(14)5-9/h2-3,5,8,10H,4,6-7H2,1H3. The number of rotatable bonds is 3. The molecule has 4 heteroatoms. The van der Waals surface area contributed by atoms with E-state index in [-0.39, 0.29) is 23.6 Å². The minimum Gasteiger partial charge on any atom is -0.378 e. The van der Waals surface area contributed by atoms with E-state index < -0.39 is 0 Å². The van der Waals surface area contributed by atoms with Gasteiger partial charge in [0.25, 0.3) is 0 Å². The lowest BCUT2D eigenvalue weighted by atomic mass is 9.96. The van der Waals surface area contributed by atoms with Crippen LogP contribution < -0.4 is 0 Å². The molecule has 1 fully saturated rings. The van der Waals surface area contributed by atoms with Crippen LogP contribution >= 0.6 is 15.9 Å². The summed E-state index contributed by atoms with van der Waals surface area (Å²) >= 11 is 3.12. The fraction of sp³-hybridized carbons (Fsp3) is 0.462. The highest BCUT2D eigenvalue weighted by Gasteiger charge is 2.27. The molecule has 0 saturated carbocycles. The number of Topliss-reactive ketones (excluding diaryl/α,β-unsaturated/α-hetero) is 1. The highest BCUT2D eigenvalue weighted by molar-refractivity contribution is 9.10. The maximum absolute atomic E-state index is 13.0. The topological polar surface area (TPSA) is 26.3 Å². The van der Waals surface area contributed by atoms with Gasteiger partial charge < -0.3 is 4.74 Å². The van der Waals surface area contributed by atoms with Crippen molar-refractivity contribution in [2.75, 3.05) is 6.61 Å². The molecule has 1 heterocycles. The van der Waals surface area contributed by atoms with Gasteiger partial charge >= 0.3 is 0 Å². The lowest BCUT2D eigenvalue weighted by Gasteiger charge is -2.07. The van der Waals surface area contributed by atoms with Gasteiger partial charge in [-0.3, -0.25) is 4.79 Å². The summed E-state index contributed by atoms with van der Waals surface area (Å²) in [4.78, 5) is 12.0. The van der Waals surface area contributed by atoms with Crippen LogP contribution in [-0.4, -0.2) is 18.5 Å². The van der Waals surface area contributed by atoms with E-state index in [1.165, 1.54) is 6.07 Å². The number of hydrogen-bond acceptors (Lipinski definition) is 2. The highest BCUT2D eigenvalue weighted by atomic mass is 79.9. The second-order valence-electron chi connectivity index (χ2n) is 4.47. The van der Waals surface area contributed by atoms with Crippen molar-refractivity contribution in [3.8, 4) is 0 Å². The van der Waals surface area contributed by atoms with Crippen LogP contribution in [0.1, 0.15) is 18.9 Å². The van der Waals surface area contributed by atoms with Crippen molar-refractivity contribution in [3.05, 3.63) is 34.1 Å². The minimum atomic E-state index is -0.306.